The van der Waals surface area contributed by atoms with Crippen molar-refractivity contribution in [3.63, 3.8) is 0 Å². The Morgan fingerprint density at radius 1 is 1.36 bits per heavy atom. The number of hydrogen-bond acceptors (Lipinski definition) is 2. The predicted octanol–water partition coefficient (Wildman–Crippen LogP) is 3.82. The van der Waals surface area contributed by atoms with Gasteiger partial charge in [-0.15, -0.1) is 11.3 Å². The van der Waals surface area contributed by atoms with E-state index in [-0.39, 0.29) is 0 Å². The van der Waals surface area contributed by atoms with Crippen molar-refractivity contribution < 1.29 is 0 Å². The summed E-state index contributed by atoms with van der Waals surface area (Å²) in [6, 6.07) is 2.01. The highest BCUT2D eigenvalue weighted by Gasteiger charge is 2.05. The molecule has 11 heavy (non-hydrogen) atoms. The lowest BCUT2D eigenvalue weighted by Gasteiger charge is -1.85. The molecule has 1 nitrogen and oxygen atoms in total. The maximum atomic E-state index is 4.04. The monoisotopic (exact) mass is 291 g/mol. The fourth-order valence-corrected chi connectivity index (χ4v) is 3.10. The Kier molecular flexibility index (Phi) is 1.99. The Balaban J connectivity index is 2.92. The molecule has 0 N–H and O–H groups in total. The van der Waals surface area contributed by atoms with Gasteiger partial charge < -0.3 is 0 Å². The van der Waals surface area contributed by atoms with Crippen LogP contribution in [-0.4, -0.2) is 4.98 Å². The van der Waals surface area contributed by atoms with Crippen LogP contribution < -0.4 is 0 Å². The predicted molar refractivity (Wildman–Crippen MR) is 55.0 cm³/mol. The highest BCUT2D eigenvalue weighted by atomic mass is 79.9. The van der Waals surface area contributed by atoms with E-state index in [4.69, 9.17) is 0 Å². The Bertz CT molecular complexity index is 396. The van der Waals surface area contributed by atoms with Gasteiger partial charge in [0.1, 0.15) is 0 Å². The smallest absolute Gasteiger partial charge is 0.0853 e. The summed E-state index contributed by atoms with van der Waals surface area (Å²) in [5, 5.41) is 1.17. The third kappa shape index (κ3) is 1.23. The molecule has 0 aliphatic carbocycles. The van der Waals surface area contributed by atoms with Crippen molar-refractivity contribution >= 4 is 53.3 Å². The van der Waals surface area contributed by atoms with Gasteiger partial charge in [-0.1, -0.05) is 0 Å². The molecule has 2 aromatic rings. The molecule has 0 saturated heterocycles. The maximum absolute atomic E-state index is 4.04. The van der Waals surface area contributed by atoms with Gasteiger partial charge in [0, 0.05) is 22.5 Å². The zero-order valence-electron chi connectivity index (χ0n) is 5.34. The average molecular weight is 293 g/mol. The van der Waals surface area contributed by atoms with Gasteiger partial charge in [-0.2, -0.15) is 0 Å². The molecular weight excluding hydrogens is 290 g/mol. The third-order valence-electron chi connectivity index (χ3n) is 1.39. The highest BCUT2D eigenvalue weighted by Crippen LogP contribution is 2.38. The van der Waals surface area contributed by atoms with E-state index in [9.17, 15) is 0 Å². The van der Waals surface area contributed by atoms with Gasteiger partial charge in [-0.05, 0) is 37.9 Å². The van der Waals surface area contributed by atoms with Crippen LogP contribution in [0, 0.1) is 0 Å². The third-order valence-corrected chi connectivity index (χ3v) is 4.85. The van der Waals surface area contributed by atoms with E-state index in [1.807, 2.05) is 12.3 Å². The fourth-order valence-electron chi connectivity index (χ4n) is 0.883. The lowest BCUT2D eigenvalue weighted by atomic mass is 10.4. The lowest BCUT2D eigenvalue weighted by molar-refractivity contribution is 1.37. The summed E-state index contributed by atoms with van der Waals surface area (Å²) in [5.74, 6) is 0. The van der Waals surface area contributed by atoms with Gasteiger partial charge >= 0.3 is 0 Å². The molecule has 0 saturated carbocycles. The van der Waals surface area contributed by atoms with Gasteiger partial charge in [0.2, 0.25) is 0 Å². The molecule has 0 aromatic carbocycles. The standard InChI is InChI=1S/C7H3Br2NS/c8-6-4-3-10-2-1-5(4)11-7(6)9/h1-3H. The largest absolute Gasteiger partial charge is 0.264 e. The van der Waals surface area contributed by atoms with Crippen LogP contribution in [0.1, 0.15) is 0 Å². The van der Waals surface area contributed by atoms with E-state index in [0.717, 1.165) is 8.26 Å². The van der Waals surface area contributed by atoms with Gasteiger partial charge in [-0.3, -0.25) is 4.98 Å². The summed E-state index contributed by atoms with van der Waals surface area (Å²) in [7, 11) is 0. The molecule has 2 heterocycles. The van der Waals surface area contributed by atoms with E-state index < -0.39 is 0 Å². The number of nitrogens with zero attached hydrogens (tertiary/aromatic N) is 1. The van der Waals surface area contributed by atoms with Crippen molar-refractivity contribution in [1.82, 2.24) is 4.98 Å². The van der Waals surface area contributed by atoms with Gasteiger partial charge in [0.15, 0.2) is 0 Å². The quantitative estimate of drug-likeness (QED) is 0.719. The Morgan fingerprint density at radius 2 is 2.18 bits per heavy atom. The second-order valence-corrected chi connectivity index (χ2v) is 5.22. The van der Waals surface area contributed by atoms with Crippen LogP contribution in [0.5, 0.6) is 0 Å². The number of hydrogen-bond donors (Lipinski definition) is 0. The lowest BCUT2D eigenvalue weighted by Crippen LogP contribution is -1.66. The van der Waals surface area contributed by atoms with Crippen molar-refractivity contribution in [3.05, 3.63) is 26.7 Å². The van der Waals surface area contributed by atoms with Crippen LogP contribution in [0.25, 0.3) is 10.1 Å². The molecule has 0 radical (unpaired) electrons. The molecule has 0 bridgehead atoms. The number of pyridine rings is 1. The van der Waals surface area contributed by atoms with Gasteiger partial charge in [0.05, 0.1) is 8.26 Å². The number of thiophene rings is 1. The number of aromatic nitrogens is 1. The second-order valence-electron chi connectivity index (χ2n) is 2.06. The molecule has 0 amide bonds. The van der Waals surface area contributed by atoms with Crippen LogP contribution in [0.15, 0.2) is 26.7 Å². The highest BCUT2D eigenvalue weighted by molar-refractivity contribution is 9.13. The molecule has 0 aliphatic rings. The maximum Gasteiger partial charge on any atom is 0.0853 e. The fraction of sp³-hybridized carbons (Fsp3) is 0. The summed E-state index contributed by atoms with van der Waals surface area (Å²) >= 11 is 8.64. The number of halogens is 2. The molecule has 0 atom stereocenters. The summed E-state index contributed by atoms with van der Waals surface area (Å²) in [6.45, 7) is 0. The molecule has 2 rings (SSSR count). The Labute approximate surface area is 84.7 Å². The van der Waals surface area contributed by atoms with Crippen molar-refractivity contribution in [3.8, 4) is 0 Å². The van der Waals surface area contributed by atoms with E-state index in [0.29, 0.717) is 0 Å². The van der Waals surface area contributed by atoms with Crippen molar-refractivity contribution in [1.29, 1.82) is 0 Å². The van der Waals surface area contributed by atoms with E-state index >= 15 is 0 Å². The molecule has 4 heteroatoms. The normalized spacial score (nSPS) is 10.7. The summed E-state index contributed by atoms with van der Waals surface area (Å²) < 4.78 is 3.48. The van der Waals surface area contributed by atoms with Crippen LogP contribution in [-0.2, 0) is 0 Å². The SMILES string of the molecule is Brc1sc2ccncc2c1Br. The molecule has 0 fully saturated rings. The molecule has 2 aromatic heterocycles. The van der Waals surface area contributed by atoms with Crippen LogP contribution in [0.3, 0.4) is 0 Å². The first kappa shape index (κ1) is 7.71. The second kappa shape index (κ2) is 2.84. The van der Waals surface area contributed by atoms with Crippen molar-refractivity contribution in [2.75, 3.05) is 0 Å². The Morgan fingerprint density at radius 3 is 2.91 bits per heavy atom. The van der Waals surface area contributed by atoms with Crippen LogP contribution in [0.2, 0.25) is 0 Å². The first-order valence-electron chi connectivity index (χ1n) is 2.96. The number of rotatable bonds is 0. The Hall–Kier alpha value is 0.0700. The molecule has 0 unspecified atom stereocenters. The van der Waals surface area contributed by atoms with Gasteiger partial charge in [-0.25, -0.2) is 0 Å². The first-order chi connectivity index (χ1) is 5.29. The van der Waals surface area contributed by atoms with Crippen molar-refractivity contribution in [2.24, 2.45) is 0 Å². The molecular formula is C7H3Br2NS. The van der Waals surface area contributed by atoms with E-state index in [1.165, 1.54) is 10.1 Å². The minimum absolute atomic E-state index is 1.10. The van der Waals surface area contributed by atoms with Gasteiger partial charge in [0.25, 0.3) is 0 Å². The zero-order chi connectivity index (χ0) is 7.84. The molecule has 0 aliphatic heterocycles. The summed E-state index contributed by atoms with van der Waals surface area (Å²) in [4.78, 5) is 4.04. The van der Waals surface area contributed by atoms with E-state index in [1.54, 1.807) is 17.5 Å². The minimum atomic E-state index is 1.10. The molecule has 56 valence electrons. The summed E-state index contributed by atoms with van der Waals surface area (Å²) in [5.41, 5.74) is 0. The first-order valence-corrected chi connectivity index (χ1v) is 5.37. The minimum Gasteiger partial charge on any atom is -0.264 e. The van der Waals surface area contributed by atoms with Crippen molar-refractivity contribution in [2.45, 2.75) is 0 Å². The van der Waals surface area contributed by atoms with Crippen LogP contribution >= 0.6 is 43.2 Å². The average Bonchev–Trinajstić information content (AvgIpc) is 2.30. The number of fused-ring (bicyclic) bond motifs is 1. The summed E-state index contributed by atoms with van der Waals surface area (Å²) in [6.07, 6.45) is 3.67. The molecule has 0 spiro atoms. The van der Waals surface area contributed by atoms with E-state index in [2.05, 4.69) is 36.8 Å². The van der Waals surface area contributed by atoms with Crippen LogP contribution in [0.4, 0.5) is 0 Å². The zero-order valence-corrected chi connectivity index (χ0v) is 9.33. The topological polar surface area (TPSA) is 12.9 Å².